The summed E-state index contributed by atoms with van der Waals surface area (Å²) < 4.78 is 11.0. The Morgan fingerprint density at radius 3 is 2.52 bits per heavy atom. The largest absolute Gasteiger partial charge is 0.486 e. The average molecular weight is 409 g/mol. The van der Waals surface area contributed by atoms with Gasteiger partial charge in [0.2, 0.25) is 5.91 Å². The number of rotatable bonds is 4. The second-order valence-corrected chi connectivity index (χ2v) is 7.04. The predicted molar refractivity (Wildman–Crippen MR) is 104 cm³/mol. The molecule has 1 aliphatic rings. The summed E-state index contributed by atoms with van der Waals surface area (Å²) in [5.41, 5.74) is 1.58. The Labute approximate surface area is 167 Å². The van der Waals surface area contributed by atoms with E-state index in [0.29, 0.717) is 46.5 Å². The molecule has 0 atom stereocenters. The molecule has 2 aromatic rings. The van der Waals surface area contributed by atoms with Gasteiger partial charge in [0.25, 0.3) is 5.91 Å². The topological polar surface area (TPSA) is 67.9 Å². The lowest BCUT2D eigenvalue weighted by molar-refractivity contribution is -0.115. The Balaban J connectivity index is 1.70. The molecular weight excluding hydrogens is 391 g/mol. The second-order valence-electron chi connectivity index (χ2n) is 6.22. The van der Waals surface area contributed by atoms with Crippen molar-refractivity contribution >= 4 is 40.7 Å². The molecule has 0 radical (unpaired) electrons. The summed E-state index contributed by atoms with van der Waals surface area (Å²) in [6.07, 6.45) is 0.104. The van der Waals surface area contributed by atoms with Gasteiger partial charge < -0.3 is 19.7 Å². The Morgan fingerprint density at radius 1 is 1.07 bits per heavy atom. The standard InChI is InChI=1S/C19H18Cl2N2O4/c1-23(2)19(25)13-4-3-12(10-14(13)20)22-17(24)9-11-7-15(21)18-16(8-11)26-5-6-27-18/h3-4,7-8,10H,5-6,9H2,1-2H3,(H,22,24). The summed E-state index contributed by atoms with van der Waals surface area (Å²) in [5.74, 6) is 0.584. The number of hydrogen-bond acceptors (Lipinski definition) is 4. The summed E-state index contributed by atoms with van der Waals surface area (Å²) in [5, 5.41) is 3.44. The third-order valence-corrected chi connectivity index (χ3v) is 4.50. The van der Waals surface area contributed by atoms with E-state index in [4.69, 9.17) is 32.7 Å². The summed E-state index contributed by atoms with van der Waals surface area (Å²) in [4.78, 5) is 25.8. The molecule has 2 aromatic carbocycles. The molecule has 0 aliphatic carbocycles. The molecule has 1 heterocycles. The molecule has 0 unspecified atom stereocenters. The van der Waals surface area contributed by atoms with E-state index < -0.39 is 0 Å². The molecule has 0 fully saturated rings. The molecule has 1 N–H and O–H groups in total. The van der Waals surface area contributed by atoms with Crippen molar-refractivity contribution in [1.29, 1.82) is 0 Å². The highest BCUT2D eigenvalue weighted by atomic mass is 35.5. The van der Waals surface area contributed by atoms with Crippen molar-refractivity contribution in [3.63, 3.8) is 0 Å². The van der Waals surface area contributed by atoms with Gasteiger partial charge in [-0.15, -0.1) is 0 Å². The van der Waals surface area contributed by atoms with Crippen LogP contribution < -0.4 is 14.8 Å². The maximum absolute atomic E-state index is 12.4. The third kappa shape index (κ3) is 4.46. The molecule has 3 rings (SSSR count). The highest BCUT2D eigenvalue weighted by Crippen LogP contribution is 2.38. The molecule has 0 saturated carbocycles. The van der Waals surface area contributed by atoms with Crippen LogP contribution in [0.5, 0.6) is 11.5 Å². The molecule has 2 amide bonds. The highest BCUT2D eigenvalue weighted by molar-refractivity contribution is 6.34. The first kappa shape index (κ1) is 19.3. The minimum atomic E-state index is -0.245. The lowest BCUT2D eigenvalue weighted by Gasteiger charge is -2.20. The number of carbonyl (C=O) groups is 2. The van der Waals surface area contributed by atoms with Crippen LogP contribution in [-0.2, 0) is 11.2 Å². The molecule has 0 aromatic heterocycles. The molecule has 0 bridgehead atoms. The van der Waals surface area contributed by atoms with Gasteiger partial charge in [0.1, 0.15) is 13.2 Å². The van der Waals surface area contributed by atoms with Crippen LogP contribution in [0.3, 0.4) is 0 Å². The van der Waals surface area contributed by atoms with Crippen molar-refractivity contribution in [3.05, 3.63) is 51.5 Å². The van der Waals surface area contributed by atoms with Crippen LogP contribution in [0.2, 0.25) is 10.0 Å². The Hall–Kier alpha value is -2.44. The van der Waals surface area contributed by atoms with Gasteiger partial charge in [0, 0.05) is 19.8 Å². The Morgan fingerprint density at radius 2 is 1.81 bits per heavy atom. The number of halogens is 2. The number of nitrogens with zero attached hydrogens (tertiary/aromatic N) is 1. The second kappa shape index (κ2) is 8.06. The quantitative estimate of drug-likeness (QED) is 0.837. The smallest absolute Gasteiger partial charge is 0.254 e. The molecule has 1 aliphatic heterocycles. The van der Waals surface area contributed by atoms with E-state index in [1.54, 1.807) is 44.4 Å². The van der Waals surface area contributed by atoms with Crippen molar-refractivity contribution in [2.45, 2.75) is 6.42 Å². The zero-order valence-corrected chi connectivity index (χ0v) is 16.4. The average Bonchev–Trinajstić information content (AvgIpc) is 2.61. The fraction of sp³-hybridized carbons (Fsp3) is 0.263. The summed E-state index contributed by atoms with van der Waals surface area (Å²) in [6.45, 7) is 0.884. The van der Waals surface area contributed by atoms with Crippen molar-refractivity contribution < 1.29 is 19.1 Å². The fourth-order valence-corrected chi connectivity index (χ4v) is 3.21. The van der Waals surface area contributed by atoms with E-state index in [2.05, 4.69) is 5.32 Å². The minimum Gasteiger partial charge on any atom is -0.486 e. The molecule has 8 heteroatoms. The highest BCUT2D eigenvalue weighted by Gasteiger charge is 2.18. The lowest BCUT2D eigenvalue weighted by atomic mass is 10.1. The van der Waals surface area contributed by atoms with Gasteiger partial charge in [0.05, 0.1) is 22.0 Å². The number of nitrogens with one attached hydrogen (secondary N) is 1. The van der Waals surface area contributed by atoms with E-state index in [1.807, 2.05) is 0 Å². The predicted octanol–water partition coefficient (Wildman–Crippen LogP) is 3.65. The fourth-order valence-electron chi connectivity index (χ4n) is 2.66. The van der Waals surface area contributed by atoms with Gasteiger partial charge in [-0.2, -0.15) is 0 Å². The maximum atomic E-state index is 12.4. The van der Waals surface area contributed by atoms with E-state index in [-0.39, 0.29) is 23.3 Å². The molecule has 27 heavy (non-hydrogen) atoms. The van der Waals surface area contributed by atoms with Crippen LogP contribution in [0.15, 0.2) is 30.3 Å². The van der Waals surface area contributed by atoms with Gasteiger partial charge in [-0.25, -0.2) is 0 Å². The van der Waals surface area contributed by atoms with E-state index in [9.17, 15) is 9.59 Å². The van der Waals surface area contributed by atoms with Crippen LogP contribution in [0.25, 0.3) is 0 Å². The number of ether oxygens (including phenoxy) is 2. The number of fused-ring (bicyclic) bond motifs is 1. The van der Waals surface area contributed by atoms with Crippen LogP contribution >= 0.6 is 23.2 Å². The normalized spacial score (nSPS) is 12.4. The first-order valence-corrected chi connectivity index (χ1v) is 9.00. The number of anilines is 1. The van der Waals surface area contributed by atoms with E-state index in [1.165, 1.54) is 4.90 Å². The number of benzene rings is 2. The third-order valence-electron chi connectivity index (χ3n) is 3.91. The monoisotopic (exact) mass is 408 g/mol. The number of amides is 2. The van der Waals surface area contributed by atoms with Gasteiger partial charge in [-0.3, -0.25) is 9.59 Å². The van der Waals surface area contributed by atoms with Gasteiger partial charge in [-0.1, -0.05) is 23.2 Å². The maximum Gasteiger partial charge on any atom is 0.254 e. The summed E-state index contributed by atoms with van der Waals surface area (Å²) in [6, 6.07) is 8.19. The van der Waals surface area contributed by atoms with Crippen LogP contribution in [-0.4, -0.2) is 44.0 Å². The van der Waals surface area contributed by atoms with Crippen LogP contribution in [0.4, 0.5) is 5.69 Å². The van der Waals surface area contributed by atoms with Crippen molar-refractivity contribution in [1.82, 2.24) is 4.90 Å². The van der Waals surface area contributed by atoms with E-state index in [0.717, 1.165) is 0 Å². The van der Waals surface area contributed by atoms with Crippen LogP contribution in [0, 0.1) is 0 Å². The van der Waals surface area contributed by atoms with Crippen LogP contribution in [0.1, 0.15) is 15.9 Å². The SMILES string of the molecule is CN(C)C(=O)c1ccc(NC(=O)Cc2cc(Cl)c3c(c2)OCCO3)cc1Cl. The van der Waals surface area contributed by atoms with Gasteiger partial charge in [-0.05, 0) is 35.9 Å². The van der Waals surface area contributed by atoms with Gasteiger partial charge >= 0.3 is 0 Å². The minimum absolute atomic E-state index is 0.104. The summed E-state index contributed by atoms with van der Waals surface area (Å²) >= 11 is 12.4. The van der Waals surface area contributed by atoms with Crippen molar-refractivity contribution in [2.24, 2.45) is 0 Å². The zero-order chi connectivity index (χ0) is 19.6. The molecule has 0 spiro atoms. The van der Waals surface area contributed by atoms with Crippen molar-refractivity contribution in [3.8, 4) is 11.5 Å². The molecule has 142 valence electrons. The molecule has 6 nitrogen and oxygen atoms in total. The molecular formula is C19H18Cl2N2O4. The number of carbonyl (C=O) groups excluding carboxylic acids is 2. The first-order chi connectivity index (χ1) is 12.8. The Kier molecular flexibility index (Phi) is 5.77. The Bertz CT molecular complexity index is 900. The zero-order valence-electron chi connectivity index (χ0n) is 14.8. The first-order valence-electron chi connectivity index (χ1n) is 8.24. The van der Waals surface area contributed by atoms with Crippen molar-refractivity contribution in [2.75, 3.05) is 32.6 Å². The lowest BCUT2D eigenvalue weighted by Crippen LogP contribution is -2.22. The van der Waals surface area contributed by atoms with E-state index >= 15 is 0 Å². The number of hydrogen-bond donors (Lipinski definition) is 1. The summed E-state index contributed by atoms with van der Waals surface area (Å²) in [7, 11) is 3.29. The van der Waals surface area contributed by atoms with Gasteiger partial charge in [0.15, 0.2) is 11.5 Å². The molecule has 0 saturated heterocycles.